The van der Waals surface area contributed by atoms with E-state index in [1.807, 2.05) is 0 Å². The molecule has 0 rings (SSSR count). The van der Waals surface area contributed by atoms with Crippen LogP contribution in [0.5, 0.6) is 0 Å². The second-order valence-corrected chi connectivity index (χ2v) is 5.28. The summed E-state index contributed by atoms with van der Waals surface area (Å²) in [5.41, 5.74) is 0. The summed E-state index contributed by atoms with van der Waals surface area (Å²) < 4.78 is 5.36. The zero-order chi connectivity index (χ0) is 15.1. The van der Waals surface area contributed by atoms with Crippen LogP contribution in [0.1, 0.15) is 78.6 Å². The molecule has 0 saturated heterocycles. The average Bonchev–Trinajstić information content (AvgIpc) is 2.42. The number of esters is 1. The topological polar surface area (TPSA) is 26.3 Å². The lowest BCUT2D eigenvalue weighted by Crippen LogP contribution is -2.16. The maximum absolute atomic E-state index is 11.0. The number of unbranched alkanes of at least 4 members (excludes halogenated alkanes) is 4. The van der Waals surface area contributed by atoms with Crippen molar-refractivity contribution >= 4 is 5.97 Å². The Bertz CT molecular complexity index is 279. The molecule has 0 N–H and O–H groups in total. The fraction of sp³-hybridized carbons (Fsp3) is 0.722. The summed E-state index contributed by atoms with van der Waals surface area (Å²) in [7, 11) is 0. The summed E-state index contributed by atoms with van der Waals surface area (Å²) in [5, 5.41) is 0. The molecule has 20 heavy (non-hydrogen) atoms. The van der Waals surface area contributed by atoms with E-state index in [4.69, 9.17) is 4.74 Å². The minimum atomic E-state index is -0.142. The van der Waals surface area contributed by atoms with E-state index in [0.29, 0.717) is 0 Å². The zero-order valence-electron chi connectivity index (χ0n) is 13.6. The van der Waals surface area contributed by atoms with Gasteiger partial charge in [-0.15, -0.1) is 0 Å². The Labute approximate surface area is 125 Å². The van der Waals surface area contributed by atoms with Crippen LogP contribution in [0.15, 0.2) is 24.3 Å². The normalized spacial score (nSPS) is 13.2. The zero-order valence-corrected chi connectivity index (χ0v) is 13.6. The molecule has 0 bridgehead atoms. The first-order valence-corrected chi connectivity index (χ1v) is 8.19. The van der Waals surface area contributed by atoms with Gasteiger partial charge >= 0.3 is 5.97 Å². The second-order valence-electron chi connectivity index (χ2n) is 5.28. The van der Waals surface area contributed by atoms with Crippen molar-refractivity contribution in [2.75, 3.05) is 0 Å². The van der Waals surface area contributed by atoms with E-state index in [2.05, 4.69) is 38.2 Å². The van der Waals surface area contributed by atoms with Crippen molar-refractivity contribution in [3.63, 3.8) is 0 Å². The van der Waals surface area contributed by atoms with Gasteiger partial charge in [-0.2, -0.15) is 0 Å². The lowest BCUT2D eigenvalue weighted by atomic mass is 10.0. The molecular formula is C18H32O2. The van der Waals surface area contributed by atoms with Crippen molar-refractivity contribution in [3.05, 3.63) is 24.3 Å². The maximum Gasteiger partial charge on any atom is 0.302 e. The van der Waals surface area contributed by atoms with Crippen molar-refractivity contribution in [3.8, 4) is 0 Å². The van der Waals surface area contributed by atoms with Crippen LogP contribution < -0.4 is 0 Å². The van der Waals surface area contributed by atoms with E-state index in [0.717, 1.165) is 44.9 Å². The Morgan fingerprint density at radius 1 is 1.00 bits per heavy atom. The highest BCUT2D eigenvalue weighted by Crippen LogP contribution is 2.14. The van der Waals surface area contributed by atoms with Crippen molar-refractivity contribution in [1.29, 1.82) is 0 Å². The molecular weight excluding hydrogens is 248 g/mol. The largest absolute Gasteiger partial charge is 0.463 e. The molecule has 0 aromatic rings. The smallest absolute Gasteiger partial charge is 0.302 e. The number of allylic oxidation sites excluding steroid dienone is 4. The molecule has 0 heterocycles. The van der Waals surface area contributed by atoms with Gasteiger partial charge in [-0.25, -0.2) is 0 Å². The van der Waals surface area contributed by atoms with Crippen LogP contribution in [0.25, 0.3) is 0 Å². The van der Waals surface area contributed by atoms with Crippen LogP contribution in [0.2, 0.25) is 0 Å². The van der Waals surface area contributed by atoms with Gasteiger partial charge in [-0.3, -0.25) is 4.79 Å². The van der Waals surface area contributed by atoms with Gasteiger partial charge in [0.05, 0.1) is 0 Å². The Kier molecular flexibility index (Phi) is 13.6. The predicted octanol–water partition coefficient (Wildman–Crippen LogP) is 5.58. The predicted molar refractivity (Wildman–Crippen MR) is 86.7 cm³/mol. The molecule has 116 valence electrons. The van der Waals surface area contributed by atoms with E-state index in [-0.39, 0.29) is 12.1 Å². The molecule has 0 aromatic carbocycles. The van der Waals surface area contributed by atoms with Gasteiger partial charge in [-0.1, -0.05) is 57.4 Å². The Hall–Kier alpha value is -1.05. The summed E-state index contributed by atoms with van der Waals surface area (Å²) in [6, 6.07) is 0. The molecule has 0 aliphatic rings. The second kappa shape index (κ2) is 14.4. The first-order chi connectivity index (χ1) is 9.70. The number of hydrogen-bond donors (Lipinski definition) is 0. The molecule has 1 unspecified atom stereocenters. The highest BCUT2D eigenvalue weighted by Gasteiger charge is 2.10. The van der Waals surface area contributed by atoms with Gasteiger partial charge in [0, 0.05) is 6.92 Å². The lowest BCUT2D eigenvalue weighted by Gasteiger charge is -2.16. The minimum Gasteiger partial charge on any atom is -0.463 e. The minimum absolute atomic E-state index is 0.135. The average molecular weight is 280 g/mol. The fourth-order valence-corrected chi connectivity index (χ4v) is 2.13. The SMILES string of the molecule is CCC=CC=CCCCCCC(CCCC)OC(C)=O. The van der Waals surface area contributed by atoms with Crippen LogP contribution in [0, 0.1) is 0 Å². The Balaban J connectivity index is 3.64. The Morgan fingerprint density at radius 3 is 2.35 bits per heavy atom. The molecule has 1 atom stereocenters. The third kappa shape index (κ3) is 13.4. The van der Waals surface area contributed by atoms with Crippen LogP contribution in [-0.4, -0.2) is 12.1 Å². The standard InChI is InChI=1S/C18H32O2/c1-4-6-8-9-10-11-12-13-14-16-18(15-7-5-2)20-17(3)19/h6,8-10,18H,4-5,7,11-16H2,1-3H3. The van der Waals surface area contributed by atoms with Crippen LogP contribution in [0.3, 0.4) is 0 Å². The molecule has 0 aliphatic heterocycles. The number of rotatable bonds is 12. The third-order valence-electron chi connectivity index (χ3n) is 3.23. The summed E-state index contributed by atoms with van der Waals surface area (Å²) in [6.45, 7) is 5.82. The van der Waals surface area contributed by atoms with Gasteiger partial charge in [0.2, 0.25) is 0 Å². The van der Waals surface area contributed by atoms with Crippen molar-refractivity contribution in [2.24, 2.45) is 0 Å². The number of ether oxygens (including phenoxy) is 1. The molecule has 0 spiro atoms. The lowest BCUT2D eigenvalue weighted by molar-refractivity contribution is -0.147. The monoisotopic (exact) mass is 280 g/mol. The van der Waals surface area contributed by atoms with E-state index in [1.54, 1.807) is 0 Å². The molecule has 2 nitrogen and oxygen atoms in total. The molecule has 2 heteroatoms. The highest BCUT2D eigenvalue weighted by molar-refractivity contribution is 5.66. The van der Waals surface area contributed by atoms with Crippen molar-refractivity contribution in [2.45, 2.75) is 84.7 Å². The van der Waals surface area contributed by atoms with Gasteiger partial charge in [0.25, 0.3) is 0 Å². The molecule has 0 radical (unpaired) electrons. The van der Waals surface area contributed by atoms with Crippen molar-refractivity contribution < 1.29 is 9.53 Å². The van der Waals surface area contributed by atoms with Crippen LogP contribution >= 0.6 is 0 Å². The molecule has 0 aromatic heterocycles. The van der Waals surface area contributed by atoms with Gasteiger partial charge in [0.15, 0.2) is 0 Å². The summed E-state index contributed by atoms with van der Waals surface area (Å²) in [5.74, 6) is -0.142. The van der Waals surface area contributed by atoms with E-state index in [9.17, 15) is 4.79 Å². The van der Waals surface area contributed by atoms with E-state index >= 15 is 0 Å². The van der Waals surface area contributed by atoms with E-state index < -0.39 is 0 Å². The molecule has 0 aliphatic carbocycles. The van der Waals surface area contributed by atoms with Gasteiger partial charge < -0.3 is 4.74 Å². The van der Waals surface area contributed by atoms with E-state index in [1.165, 1.54) is 19.8 Å². The fourth-order valence-electron chi connectivity index (χ4n) is 2.13. The molecule has 0 saturated carbocycles. The summed E-state index contributed by atoms with van der Waals surface area (Å²) >= 11 is 0. The van der Waals surface area contributed by atoms with Crippen LogP contribution in [-0.2, 0) is 9.53 Å². The first-order valence-electron chi connectivity index (χ1n) is 8.19. The summed E-state index contributed by atoms with van der Waals surface area (Å²) in [6.07, 6.45) is 18.9. The maximum atomic E-state index is 11.0. The quantitative estimate of drug-likeness (QED) is 0.265. The number of carbonyl (C=O) groups is 1. The number of hydrogen-bond acceptors (Lipinski definition) is 2. The Morgan fingerprint density at radius 2 is 1.70 bits per heavy atom. The number of carbonyl (C=O) groups excluding carboxylic acids is 1. The van der Waals surface area contributed by atoms with Crippen LogP contribution in [0.4, 0.5) is 0 Å². The molecule has 0 amide bonds. The highest BCUT2D eigenvalue weighted by atomic mass is 16.5. The first kappa shape index (κ1) is 18.9. The third-order valence-corrected chi connectivity index (χ3v) is 3.23. The molecule has 0 fully saturated rings. The van der Waals surface area contributed by atoms with Crippen molar-refractivity contribution in [1.82, 2.24) is 0 Å². The van der Waals surface area contributed by atoms with Gasteiger partial charge in [0.1, 0.15) is 6.10 Å². The van der Waals surface area contributed by atoms with Gasteiger partial charge in [-0.05, 0) is 38.5 Å². The summed E-state index contributed by atoms with van der Waals surface area (Å²) in [4.78, 5) is 11.0.